The van der Waals surface area contributed by atoms with Gasteiger partial charge in [0.25, 0.3) is 0 Å². The smallest absolute Gasteiger partial charge is 0.211 e. The van der Waals surface area contributed by atoms with Crippen LogP contribution in [0, 0.1) is 5.41 Å². The van der Waals surface area contributed by atoms with Gasteiger partial charge in [0.05, 0.1) is 5.75 Å². The first-order valence-electron chi connectivity index (χ1n) is 6.54. The summed E-state index contributed by atoms with van der Waals surface area (Å²) in [6.45, 7) is 7.64. The predicted octanol–water partition coefficient (Wildman–Crippen LogP) is 1.48. The third-order valence-corrected chi connectivity index (χ3v) is 4.83. The Kier molecular flexibility index (Phi) is 5.41. The molecule has 0 radical (unpaired) electrons. The summed E-state index contributed by atoms with van der Waals surface area (Å²) in [6.07, 6.45) is 4.19. The zero-order chi connectivity index (χ0) is 12.9. The van der Waals surface area contributed by atoms with Gasteiger partial charge in [0.15, 0.2) is 0 Å². The molecule has 0 saturated heterocycles. The van der Waals surface area contributed by atoms with E-state index in [0.29, 0.717) is 19.0 Å². The van der Waals surface area contributed by atoms with E-state index in [2.05, 4.69) is 30.8 Å². The van der Waals surface area contributed by atoms with E-state index in [-0.39, 0.29) is 11.2 Å². The van der Waals surface area contributed by atoms with Crippen LogP contribution in [0.2, 0.25) is 0 Å². The lowest BCUT2D eigenvalue weighted by Gasteiger charge is -2.38. The Bertz CT molecular complexity index is 321. The zero-order valence-electron chi connectivity index (χ0n) is 11.3. The lowest BCUT2D eigenvalue weighted by atomic mass is 9.71. The molecule has 0 heterocycles. The summed E-state index contributed by atoms with van der Waals surface area (Å²) in [6, 6.07) is 0.416. The third kappa shape index (κ3) is 5.84. The molecule has 4 nitrogen and oxygen atoms in total. The van der Waals surface area contributed by atoms with Gasteiger partial charge in [-0.05, 0) is 31.2 Å². The van der Waals surface area contributed by atoms with Gasteiger partial charge in [-0.25, -0.2) is 13.1 Å². The number of hydrogen-bond acceptors (Lipinski definition) is 3. The molecule has 0 amide bonds. The van der Waals surface area contributed by atoms with Crippen molar-refractivity contribution in [3.63, 3.8) is 0 Å². The normalized spacial score (nSPS) is 19.3. The van der Waals surface area contributed by atoms with Gasteiger partial charge in [0, 0.05) is 12.6 Å². The second kappa shape index (κ2) is 6.16. The summed E-state index contributed by atoms with van der Waals surface area (Å²) >= 11 is 0. The molecule has 1 aliphatic rings. The molecule has 1 fully saturated rings. The van der Waals surface area contributed by atoms with Gasteiger partial charge in [-0.1, -0.05) is 27.2 Å². The molecule has 0 aromatic carbocycles. The van der Waals surface area contributed by atoms with Crippen molar-refractivity contribution < 1.29 is 8.42 Å². The first kappa shape index (κ1) is 14.9. The minimum atomic E-state index is -3.08. The fourth-order valence-corrected chi connectivity index (χ4v) is 3.20. The van der Waals surface area contributed by atoms with E-state index >= 15 is 0 Å². The molecule has 0 aromatic rings. The van der Waals surface area contributed by atoms with Crippen molar-refractivity contribution in [3.05, 3.63) is 0 Å². The SMILES string of the molecule is CC(C)NCCCS(=O)(=O)NCC1(C)CCC1. The highest BCUT2D eigenvalue weighted by Gasteiger charge is 2.32. The van der Waals surface area contributed by atoms with E-state index < -0.39 is 10.0 Å². The predicted molar refractivity (Wildman–Crippen MR) is 71.5 cm³/mol. The summed E-state index contributed by atoms with van der Waals surface area (Å²) in [5.41, 5.74) is 0.212. The van der Waals surface area contributed by atoms with Crippen molar-refractivity contribution >= 4 is 10.0 Å². The van der Waals surface area contributed by atoms with Crippen molar-refractivity contribution in [2.24, 2.45) is 5.41 Å². The average molecular weight is 262 g/mol. The van der Waals surface area contributed by atoms with Crippen LogP contribution in [0.25, 0.3) is 0 Å². The number of rotatable bonds is 8. The Morgan fingerprint density at radius 3 is 2.41 bits per heavy atom. The molecule has 102 valence electrons. The highest BCUT2D eigenvalue weighted by Crippen LogP contribution is 2.39. The van der Waals surface area contributed by atoms with Gasteiger partial charge in [-0.2, -0.15) is 0 Å². The van der Waals surface area contributed by atoms with Gasteiger partial charge in [0.2, 0.25) is 10.0 Å². The van der Waals surface area contributed by atoms with Gasteiger partial charge in [-0.3, -0.25) is 0 Å². The van der Waals surface area contributed by atoms with E-state index in [4.69, 9.17) is 0 Å². The lowest BCUT2D eigenvalue weighted by Crippen LogP contribution is -2.41. The van der Waals surface area contributed by atoms with Crippen molar-refractivity contribution in [1.82, 2.24) is 10.0 Å². The first-order chi connectivity index (χ1) is 7.83. The second-order valence-electron chi connectivity index (χ2n) is 5.77. The molecule has 1 rings (SSSR count). The third-order valence-electron chi connectivity index (χ3n) is 3.42. The largest absolute Gasteiger partial charge is 0.314 e. The molecule has 0 bridgehead atoms. The van der Waals surface area contributed by atoms with Crippen molar-refractivity contribution in [2.45, 2.75) is 52.5 Å². The van der Waals surface area contributed by atoms with Gasteiger partial charge in [-0.15, -0.1) is 0 Å². The summed E-state index contributed by atoms with van der Waals surface area (Å²) in [4.78, 5) is 0. The zero-order valence-corrected chi connectivity index (χ0v) is 12.1. The molecule has 5 heteroatoms. The summed E-state index contributed by atoms with van der Waals surface area (Å²) in [7, 11) is -3.08. The van der Waals surface area contributed by atoms with Crippen LogP contribution in [0.3, 0.4) is 0 Å². The molecule has 17 heavy (non-hydrogen) atoms. The molecular formula is C12H26N2O2S. The van der Waals surface area contributed by atoms with Crippen molar-refractivity contribution in [3.8, 4) is 0 Å². The van der Waals surface area contributed by atoms with Gasteiger partial charge < -0.3 is 5.32 Å². The summed E-state index contributed by atoms with van der Waals surface area (Å²) in [5.74, 6) is 0.225. The minimum Gasteiger partial charge on any atom is -0.314 e. The molecule has 0 atom stereocenters. The minimum absolute atomic E-state index is 0.212. The molecular weight excluding hydrogens is 236 g/mol. The maximum Gasteiger partial charge on any atom is 0.211 e. The highest BCUT2D eigenvalue weighted by molar-refractivity contribution is 7.89. The Hall–Kier alpha value is -0.130. The quantitative estimate of drug-likeness (QED) is 0.652. The summed E-state index contributed by atoms with van der Waals surface area (Å²) in [5, 5.41) is 3.22. The van der Waals surface area contributed by atoms with Crippen molar-refractivity contribution in [2.75, 3.05) is 18.8 Å². The van der Waals surface area contributed by atoms with Gasteiger partial charge >= 0.3 is 0 Å². The summed E-state index contributed by atoms with van der Waals surface area (Å²) < 4.78 is 26.2. The first-order valence-corrected chi connectivity index (χ1v) is 8.19. The molecule has 0 aromatic heterocycles. The van der Waals surface area contributed by atoms with Crippen LogP contribution in [-0.4, -0.2) is 33.3 Å². The van der Waals surface area contributed by atoms with Crippen LogP contribution in [0.4, 0.5) is 0 Å². The topological polar surface area (TPSA) is 58.2 Å². The standard InChI is InChI=1S/C12H26N2O2S/c1-11(2)13-8-5-9-17(15,16)14-10-12(3)6-4-7-12/h11,13-14H,4-10H2,1-3H3. The van der Waals surface area contributed by atoms with E-state index in [0.717, 1.165) is 19.4 Å². The van der Waals surface area contributed by atoms with E-state index in [1.54, 1.807) is 0 Å². The fourth-order valence-electron chi connectivity index (χ4n) is 1.97. The van der Waals surface area contributed by atoms with Crippen molar-refractivity contribution in [1.29, 1.82) is 0 Å². The molecule has 1 aliphatic carbocycles. The lowest BCUT2D eigenvalue weighted by molar-refractivity contribution is 0.166. The van der Waals surface area contributed by atoms with Crippen LogP contribution < -0.4 is 10.0 Å². The maximum atomic E-state index is 11.7. The van der Waals surface area contributed by atoms with Crippen LogP contribution in [0.15, 0.2) is 0 Å². The van der Waals surface area contributed by atoms with E-state index in [9.17, 15) is 8.42 Å². The Morgan fingerprint density at radius 1 is 1.29 bits per heavy atom. The number of hydrogen-bond donors (Lipinski definition) is 2. The maximum absolute atomic E-state index is 11.7. The van der Waals surface area contributed by atoms with Crippen LogP contribution in [0.1, 0.15) is 46.5 Å². The molecule has 0 spiro atoms. The number of sulfonamides is 1. The van der Waals surface area contributed by atoms with E-state index in [1.165, 1.54) is 6.42 Å². The van der Waals surface area contributed by atoms with Crippen LogP contribution in [0.5, 0.6) is 0 Å². The molecule has 0 aliphatic heterocycles. The molecule has 1 saturated carbocycles. The monoisotopic (exact) mass is 262 g/mol. The molecule has 0 unspecified atom stereocenters. The Labute approximate surface area is 106 Å². The molecule has 2 N–H and O–H groups in total. The van der Waals surface area contributed by atoms with Gasteiger partial charge in [0.1, 0.15) is 0 Å². The fraction of sp³-hybridized carbons (Fsp3) is 1.00. The van der Waals surface area contributed by atoms with Crippen LogP contribution in [-0.2, 0) is 10.0 Å². The Balaban J connectivity index is 2.17. The number of nitrogens with one attached hydrogen (secondary N) is 2. The highest BCUT2D eigenvalue weighted by atomic mass is 32.2. The average Bonchev–Trinajstić information content (AvgIpc) is 2.19. The Morgan fingerprint density at radius 2 is 1.94 bits per heavy atom. The van der Waals surface area contributed by atoms with E-state index in [1.807, 2.05) is 0 Å². The second-order valence-corrected chi connectivity index (χ2v) is 7.69. The van der Waals surface area contributed by atoms with Crippen LogP contribution >= 0.6 is 0 Å².